The van der Waals surface area contributed by atoms with E-state index < -0.39 is 10.8 Å². The van der Waals surface area contributed by atoms with Gasteiger partial charge >= 0.3 is 0 Å². The van der Waals surface area contributed by atoms with E-state index in [0.717, 1.165) is 21.2 Å². The van der Waals surface area contributed by atoms with Crippen LogP contribution < -0.4 is 5.32 Å². The molecule has 118 valence electrons. The first kappa shape index (κ1) is 15.9. The first-order valence-corrected chi connectivity index (χ1v) is 9.52. The van der Waals surface area contributed by atoms with Gasteiger partial charge in [0.25, 0.3) is 0 Å². The molecule has 0 amide bonds. The summed E-state index contributed by atoms with van der Waals surface area (Å²) in [6, 6.07) is 17.7. The fraction of sp³-hybridized carbons (Fsp3) is 0.167. The molecular weight excluding hydrogens is 324 g/mol. The zero-order valence-corrected chi connectivity index (χ0v) is 14.5. The summed E-state index contributed by atoms with van der Waals surface area (Å²) in [6.45, 7) is 2.77. The molecule has 0 spiro atoms. The minimum atomic E-state index is -1.02. The molecule has 0 bridgehead atoms. The third-order valence-electron chi connectivity index (χ3n) is 3.34. The van der Waals surface area contributed by atoms with Gasteiger partial charge in [0.2, 0.25) is 0 Å². The van der Waals surface area contributed by atoms with Crippen molar-refractivity contribution >= 4 is 27.8 Å². The molecule has 3 aromatic rings. The van der Waals surface area contributed by atoms with Crippen LogP contribution in [0.2, 0.25) is 0 Å². The molecule has 1 atom stereocenters. The van der Waals surface area contributed by atoms with Crippen LogP contribution in [0.25, 0.3) is 0 Å². The standard InChI is InChI=1S/C18H18N2OS2/c1-14-11-20-18(22-14)12-19-16-7-5-6-15(10-16)13-23(21)17-8-3-2-4-9-17/h2-11,19H,12-13H2,1H3. The maximum absolute atomic E-state index is 12.4. The second kappa shape index (κ2) is 7.53. The number of anilines is 1. The van der Waals surface area contributed by atoms with Gasteiger partial charge in [0.15, 0.2) is 0 Å². The fourth-order valence-corrected chi connectivity index (χ4v) is 4.08. The van der Waals surface area contributed by atoms with Gasteiger partial charge in [-0.05, 0) is 36.8 Å². The maximum atomic E-state index is 12.4. The molecule has 23 heavy (non-hydrogen) atoms. The number of aromatic nitrogens is 1. The zero-order chi connectivity index (χ0) is 16.1. The maximum Gasteiger partial charge on any atom is 0.112 e. The molecule has 0 saturated carbocycles. The largest absolute Gasteiger partial charge is 0.379 e. The minimum Gasteiger partial charge on any atom is -0.379 e. The first-order chi connectivity index (χ1) is 11.2. The van der Waals surface area contributed by atoms with Gasteiger partial charge < -0.3 is 5.32 Å². The monoisotopic (exact) mass is 342 g/mol. The molecule has 0 aliphatic rings. The second-order valence-electron chi connectivity index (χ2n) is 5.22. The van der Waals surface area contributed by atoms with E-state index in [0.29, 0.717) is 12.3 Å². The summed E-state index contributed by atoms with van der Waals surface area (Å²) in [5.74, 6) is 0.524. The van der Waals surface area contributed by atoms with Crippen LogP contribution in [0, 0.1) is 6.92 Å². The number of hydrogen-bond acceptors (Lipinski definition) is 4. The number of thiazole rings is 1. The first-order valence-electron chi connectivity index (χ1n) is 7.38. The summed E-state index contributed by atoms with van der Waals surface area (Å²) in [7, 11) is -1.02. The van der Waals surface area contributed by atoms with E-state index in [1.807, 2.05) is 54.7 Å². The molecule has 3 rings (SSSR count). The van der Waals surface area contributed by atoms with Crippen molar-refractivity contribution in [1.82, 2.24) is 4.98 Å². The van der Waals surface area contributed by atoms with Crippen molar-refractivity contribution in [2.75, 3.05) is 5.32 Å². The average Bonchev–Trinajstić information content (AvgIpc) is 3.00. The zero-order valence-electron chi connectivity index (χ0n) is 12.9. The van der Waals surface area contributed by atoms with Gasteiger partial charge in [-0.15, -0.1) is 11.3 Å². The van der Waals surface area contributed by atoms with E-state index in [-0.39, 0.29) is 0 Å². The molecule has 1 heterocycles. The molecule has 5 heteroatoms. The highest BCUT2D eigenvalue weighted by Gasteiger charge is 2.05. The number of benzene rings is 2. The van der Waals surface area contributed by atoms with Crippen LogP contribution in [0.15, 0.2) is 65.7 Å². The summed E-state index contributed by atoms with van der Waals surface area (Å²) >= 11 is 1.70. The number of hydrogen-bond donors (Lipinski definition) is 1. The van der Waals surface area contributed by atoms with Crippen LogP contribution in [0.4, 0.5) is 5.69 Å². The highest BCUT2D eigenvalue weighted by molar-refractivity contribution is 7.84. The van der Waals surface area contributed by atoms with Gasteiger partial charge in [0.05, 0.1) is 23.1 Å². The summed E-state index contributed by atoms with van der Waals surface area (Å²) < 4.78 is 12.4. The summed E-state index contributed by atoms with van der Waals surface area (Å²) in [4.78, 5) is 6.43. The van der Waals surface area contributed by atoms with Crippen molar-refractivity contribution in [1.29, 1.82) is 0 Å². The fourth-order valence-electron chi connectivity index (χ4n) is 2.24. The molecule has 0 radical (unpaired) electrons. The Labute approximate surface area is 142 Å². The Kier molecular flexibility index (Phi) is 5.20. The van der Waals surface area contributed by atoms with Crippen LogP contribution in [-0.4, -0.2) is 9.19 Å². The van der Waals surface area contributed by atoms with E-state index in [1.54, 1.807) is 11.3 Å². The smallest absolute Gasteiger partial charge is 0.112 e. The molecule has 2 aromatic carbocycles. The Bertz CT molecular complexity index is 800. The molecule has 0 fully saturated rings. The lowest BCUT2D eigenvalue weighted by molar-refractivity contribution is 0.682. The Morgan fingerprint density at radius 2 is 1.96 bits per heavy atom. The molecule has 0 aliphatic heterocycles. The lowest BCUT2D eigenvalue weighted by atomic mass is 10.2. The highest BCUT2D eigenvalue weighted by Crippen LogP contribution is 2.18. The molecule has 1 aromatic heterocycles. The molecule has 0 saturated heterocycles. The topological polar surface area (TPSA) is 42.0 Å². The quantitative estimate of drug-likeness (QED) is 0.723. The summed E-state index contributed by atoms with van der Waals surface area (Å²) in [6.07, 6.45) is 1.89. The average molecular weight is 342 g/mol. The van der Waals surface area contributed by atoms with Gasteiger partial charge in [-0.3, -0.25) is 4.21 Å². The van der Waals surface area contributed by atoms with Gasteiger partial charge in [-0.2, -0.15) is 0 Å². The van der Waals surface area contributed by atoms with Crippen molar-refractivity contribution in [3.8, 4) is 0 Å². The van der Waals surface area contributed by atoms with E-state index in [2.05, 4.69) is 23.3 Å². The molecule has 1 unspecified atom stereocenters. The lowest BCUT2D eigenvalue weighted by Crippen LogP contribution is -2.01. The Balaban J connectivity index is 1.64. The van der Waals surface area contributed by atoms with Crippen LogP contribution in [0.5, 0.6) is 0 Å². The van der Waals surface area contributed by atoms with Crippen LogP contribution >= 0.6 is 11.3 Å². The Hall–Kier alpha value is -1.98. The highest BCUT2D eigenvalue weighted by atomic mass is 32.2. The predicted octanol–water partition coefficient (Wildman–Crippen LogP) is 4.37. The minimum absolute atomic E-state index is 0.524. The van der Waals surface area contributed by atoms with Gasteiger partial charge in [0, 0.05) is 21.7 Å². The van der Waals surface area contributed by atoms with Crippen molar-refractivity contribution in [3.63, 3.8) is 0 Å². The molecular formula is C18H18N2OS2. The normalized spacial score (nSPS) is 12.0. The van der Waals surface area contributed by atoms with Crippen molar-refractivity contribution in [3.05, 3.63) is 76.2 Å². The number of nitrogens with one attached hydrogen (secondary N) is 1. The molecule has 1 N–H and O–H groups in total. The second-order valence-corrected chi connectivity index (χ2v) is 7.99. The SMILES string of the molecule is Cc1cnc(CNc2cccc(CS(=O)c3ccccc3)c2)s1. The Morgan fingerprint density at radius 3 is 2.70 bits per heavy atom. The van der Waals surface area contributed by atoms with Crippen molar-refractivity contribution in [2.45, 2.75) is 24.1 Å². The number of rotatable bonds is 6. The van der Waals surface area contributed by atoms with Crippen LogP contribution in [-0.2, 0) is 23.1 Å². The van der Waals surface area contributed by atoms with Crippen LogP contribution in [0.3, 0.4) is 0 Å². The summed E-state index contributed by atoms with van der Waals surface area (Å²) in [5.41, 5.74) is 2.09. The van der Waals surface area contributed by atoms with E-state index in [4.69, 9.17) is 0 Å². The third kappa shape index (κ3) is 4.50. The van der Waals surface area contributed by atoms with E-state index >= 15 is 0 Å². The number of nitrogens with zero attached hydrogens (tertiary/aromatic N) is 1. The molecule has 3 nitrogen and oxygen atoms in total. The van der Waals surface area contributed by atoms with Gasteiger partial charge in [-0.1, -0.05) is 30.3 Å². The van der Waals surface area contributed by atoms with Gasteiger partial charge in [-0.25, -0.2) is 4.98 Å². The van der Waals surface area contributed by atoms with Gasteiger partial charge in [0.1, 0.15) is 5.01 Å². The Morgan fingerprint density at radius 1 is 1.13 bits per heavy atom. The van der Waals surface area contributed by atoms with Crippen LogP contribution in [0.1, 0.15) is 15.4 Å². The number of aryl methyl sites for hydroxylation is 1. The predicted molar refractivity (Wildman–Crippen MR) is 97.2 cm³/mol. The third-order valence-corrected chi connectivity index (χ3v) is 5.65. The molecule has 0 aliphatic carbocycles. The summed E-state index contributed by atoms with van der Waals surface area (Å²) in [5, 5.41) is 4.45. The van der Waals surface area contributed by atoms with Crippen molar-refractivity contribution in [2.24, 2.45) is 0 Å². The van der Waals surface area contributed by atoms with Crippen molar-refractivity contribution < 1.29 is 4.21 Å². The van der Waals surface area contributed by atoms with E-state index in [1.165, 1.54) is 4.88 Å². The van der Waals surface area contributed by atoms with E-state index in [9.17, 15) is 4.21 Å². The lowest BCUT2D eigenvalue weighted by Gasteiger charge is -2.07.